The molecule has 2 heterocycles. The molecule has 0 saturated heterocycles. The van der Waals surface area contributed by atoms with E-state index >= 15 is 0 Å². The Morgan fingerprint density at radius 2 is 2.12 bits per heavy atom. The highest BCUT2D eigenvalue weighted by molar-refractivity contribution is 9.10. The minimum atomic E-state index is -0.691. The summed E-state index contributed by atoms with van der Waals surface area (Å²) in [6.07, 6.45) is 2.57. The van der Waals surface area contributed by atoms with E-state index in [1.807, 2.05) is 0 Å². The van der Waals surface area contributed by atoms with Gasteiger partial charge in [-0.25, -0.2) is 9.78 Å². The van der Waals surface area contributed by atoms with Crippen molar-refractivity contribution >= 4 is 62.9 Å². The first-order valence-electron chi connectivity index (χ1n) is 6.58. The largest absolute Gasteiger partial charge is 0.452 e. The second kappa shape index (κ2) is 8.32. The number of nitrogens with one attached hydrogen (secondary N) is 1. The molecule has 0 aliphatic heterocycles. The van der Waals surface area contributed by atoms with Crippen LogP contribution in [0.5, 0.6) is 0 Å². The fourth-order valence-electron chi connectivity index (χ4n) is 1.57. The number of anilines is 1. The third kappa shape index (κ3) is 5.36. The SMILES string of the molecule is Cc1nc(NC(=O)COC(=O)C=Cc2ccc(Br)o2)c(Cl)cc1Cl. The highest BCUT2D eigenvalue weighted by Gasteiger charge is 2.11. The van der Waals surface area contributed by atoms with Crippen LogP contribution in [0, 0.1) is 6.92 Å². The van der Waals surface area contributed by atoms with Crippen molar-refractivity contribution in [3.63, 3.8) is 0 Å². The Balaban J connectivity index is 1.86. The number of carbonyl (C=O) groups excluding carboxylic acids is 2. The average Bonchev–Trinajstić information content (AvgIpc) is 2.94. The number of hydrogen-bond acceptors (Lipinski definition) is 5. The van der Waals surface area contributed by atoms with E-state index in [2.05, 4.69) is 26.2 Å². The van der Waals surface area contributed by atoms with E-state index in [-0.39, 0.29) is 10.8 Å². The van der Waals surface area contributed by atoms with Gasteiger partial charge in [0.05, 0.1) is 15.7 Å². The van der Waals surface area contributed by atoms with E-state index in [0.717, 1.165) is 6.08 Å². The first-order chi connectivity index (χ1) is 11.3. The van der Waals surface area contributed by atoms with Crippen molar-refractivity contribution in [1.82, 2.24) is 4.98 Å². The summed E-state index contributed by atoms with van der Waals surface area (Å²) in [5.74, 6) is -0.649. The molecule has 0 aromatic carbocycles. The van der Waals surface area contributed by atoms with Crippen molar-refractivity contribution in [1.29, 1.82) is 0 Å². The number of amides is 1. The summed E-state index contributed by atoms with van der Waals surface area (Å²) in [6, 6.07) is 4.82. The standard InChI is InChI=1S/C15H11BrCl2N2O4/c1-8-10(17)6-11(18)15(19-8)20-13(21)7-23-14(22)5-3-9-2-4-12(16)24-9/h2-6H,7H2,1H3,(H,19,20,21). The average molecular weight is 434 g/mol. The summed E-state index contributed by atoms with van der Waals surface area (Å²) in [5.41, 5.74) is 0.515. The number of aryl methyl sites for hydroxylation is 1. The molecule has 2 aromatic heterocycles. The summed E-state index contributed by atoms with van der Waals surface area (Å²) >= 11 is 14.9. The van der Waals surface area contributed by atoms with Gasteiger partial charge in [-0.15, -0.1) is 0 Å². The highest BCUT2D eigenvalue weighted by atomic mass is 79.9. The maximum atomic E-state index is 11.8. The quantitative estimate of drug-likeness (QED) is 0.563. The van der Waals surface area contributed by atoms with Crippen LogP contribution >= 0.6 is 39.1 Å². The van der Waals surface area contributed by atoms with Crippen LogP contribution in [-0.2, 0) is 14.3 Å². The Bertz CT molecular complexity index is 805. The summed E-state index contributed by atoms with van der Waals surface area (Å²) in [5, 5.41) is 3.02. The van der Waals surface area contributed by atoms with E-state index in [0.29, 0.717) is 21.1 Å². The maximum Gasteiger partial charge on any atom is 0.331 e. The maximum absolute atomic E-state index is 11.8. The number of hydrogen-bond donors (Lipinski definition) is 1. The molecule has 24 heavy (non-hydrogen) atoms. The molecule has 1 amide bonds. The predicted molar refractivity (Wildman–Crippen MR) is 94.0 cm³/mol. The number of rotatable bonds is 5. The zero-order valence-electron chi connectivity index (χ0n) is 12.3. The predicted octanol–water partition coefficient (Wildman–Crippen LogP) is 4.25. The lowest BCUT2D eigenvalue weighted by molar-refractivity contribution is -0.142. The van der Waals surface area contributed by atoms with E-state index in [9.17, 15) is 9.59 Å². The molecule has 0 aliphatic carbocycles. The number of halogens is 3. The number of pyridine rings is 1. The molecule has 0 unspecified atom stereocenters. The Labute approximate surface area is 155 Å². The van der Waals surface area contributed by atoms with E-state index in [4.69, 9.17) is 32.4 Å². The van der Waals surface area contributed by atoms with Gasteiger partial charge in [-0.1, -0.05) is 23.2 Å². The van der Waals surface area contributed by atoms with E-state index in [1.165, 1.54) is 12.1 Å². The monoisotopic (exact) mass is 432 g/mol. The third-order valence-corrected chi connectivity index (χ3v) is 3.78. The number of nitrogens with zero attached hydrogens (tertiary/aromatic N) is 1. The first-order valence-corrected chi connectivity index (χ1v) is 8.12. The summed E-state index contributed by atoms with van der Waals surface area (Å²) in [6.45, 7) is 1.19. The molecule has 0 fully saturated rings. The molecule has 0 spiro atoms. The van der Waals surface area contributed by atoms with Gasteiger partial charge < -0.3 is 14.5 Å². The van der Waals surface area contributed by atoms with Gasteiger partial charge in [0, 0.05) is 6.08 Å². The van der Waals surface area contributed by atoms with E-state index in [1.54, 1.807) is 19.1 Å². The highest BCUT2D eigenvalue weighted by Crippen LogP contribution is 2.25. The second-order valence-corrected chi connectivity index (χ2v) is 6.11. The Morgan fingerprint density at radius 1 is 1.38 bits per heavy atom. The smallest absolute Gasteiger partial charge is 0.331 e. The Kier molecular flexibility index (Phi) is 6.42. The summed E-state index contributed by atoms with van der Waals surface area (Å²) < 4.78 is 10.5. The van der Waals surface area contributed by atoms with Crippen LogP contribution in [0.25, 0.3) is 6.08 Å². The van der Waals surface area contributed by atoms with Crippen molar-refractivity contribution < 1.29 is 18.7 Å². The zero-order valence-corrected chi connectivity index (χ0v) is 15.4. The lowest BCUT2D eigenvalue weighted by Crippen LogP contribution is -2.21. The molecule has 126 valence electrons. The molecule has 0 aliphatic rings. The van der Waals surface area contributed by atoms with Crippen LogP contribution in [0.1, 0.15) is 11.5 Å². The first kappa shape index (κ1) is 18.5. The Morgan fingerprint density at radius 3 is 2.79 bits per heavy atom. The van der Waals surface area contributed by atoms with Gasteiger partial charge in [-0.05, 0) is 47.1 Å². The van der Waals surface area contributed by atoms with Crippen LogP contribution in [-0.4, -0.2) is 23.5 Å². The lowest BCUT2D eigenvalue weighted by Gasteiger charge is -2.08. The van der Waals surface area contributed by atoms with Crippen molar-refractivity contribution in [3.05, 3.63) is 50.4 Å². The van der Waals surface area contributed by atoms with Gasteiger partial charge in [0.1, 0.15) is 5.76 Å². The number of aromatic nitrogens is 1. The molecular formula is C15H11BrCl2N2O4. The van der Waals surface area contributed by atoms with Crippen LogP contribution < -0.4 is 5.32 Å². The van der Waals surface area contributed by atoms with Crippen molar-refractivity contribution in [3.8, 4) is 0 Å². The summed E-state index contributed by atoms with van der Waals surface area (Å²) in [4.78, 5) is 27.4. The minimum absolute atomic E-state index is 0.149. The van der Waals surface area contributed by atoms with Crippen molar-refractivity contribution in [2.75, 3.05) is 11.9 Å². The molecule has 9 heteroatoms. The lowest BCUT2D eigenvalue weighted by atomic mass is 10.3. The van der Waals surface area contributed by atoms with Gasteiger partial charge in [0.25, 0.3) is 5.91 Å². The molecule has 6 nitrogen and oxygen atoms in total. The molecule has 2 rings (SSSR count). The molecule has 2 aromatic rings. The topological polar surface area (TPSA) is 81.4 Å². The van der Waals surface area contributed by atoms with Crippen LogP contribution in [0.3, 0.4) is 0 Å². The fraction of sp³-hybridized carbons (Fsp3) is 0.133. The zero-order chi connectivity index (χ0) is 17.7. The van der Waals surface area contributed by atoms with Crippen LogP contribution in [0.2, 0.25) is 10.0 Å². The van der Waals surface area contributed by atoms with Gasteiger partial charge >= 0.3 is 5.97 Å². The van der Waals surface area contributed by atoms with Crippen molar-refractivity contribution in [2.24, 2.45) is 0 Å². The molecule has 0 saturated carbocycles. The third-order valence-electron chi connectivity index (χ3n) is 2.69. The minimum Gasteiger partial charge on any atom is -0.452 e. The fourth-order valence-corrected chi connectivity index (χ4v) is 2.29. The van der Waals surface area contributed by atoms with E-state index < -0.39 is 18.5 Å². The number of furan rings is 1. The normalized spacial score (nSPS) is 10.8. The van der Waals surface area contributed by atoms with Gasteiger partial charge in [-0.2, -0.15) is 0 Å². The molecule has 0 bridgehead atoms. The number of esters is 1. The summed E-state index contributed by atoms with van der Waals surface area (Å²) in [7, 11) is 0. The van der Waals surface area contributed by atoms with Crippen LogP contribution in [0.15, 0.2) is 33.4 Å². The van der Waals surface area contributed by atoms with Gasteiger partial charge in [-0.3, -0.25) is 4.79 Å². The van der Waals surface area contributed by atoms with Crippen LogP contribution in [0.4, 0.5) is 5.82 Å². The molecule has 1 N–H and O–H groups in total. The second-order valence-electron chi connectivity index (χ2n) is 4.52. The molecule has 0 radical (unpaired) electrons. The molecular weight excluding hydrogens is 423 g/mol. The van der Waals surface area contributed by atoms with Gasteiger partial charge in [0.15, 0.2) is 17.1 Å². The molecule has 0 atom stereocenters. The van der Waals surface area contributed by atoms with Gasteiger partial charge in [0.2, 0.25) is 0 Å². The Hall–Kier alpha value is -1.83. The van der Waals surface area contributed by atoms with Crippen molar-refractivity contribution in [2.45, 2.75) is 6.92 Å². The number of ether oxygens (including phenoxy) is 1. The number of carbonyl (C=O) groups is 2.